The molecule has 1 aromatic carbocycles. The molecule has 5 heteroatoms. The van der Waals surface area contributed by atoms with E-state index in [4.69, 9.17) is 5.73 Å². The summed E-state index contributed by atoms with van der Waals surface area (Å²) in [6.07, 6.45) is 0. The molecule has 3 rings (SSSR count). The van der Waals surface area contributed by atoms with E-state index in [0.717, 1.165) is 16.9 Å². The minimum Gasteiger partial charge on any atom is -0.390 e. The van der Waals surface area contributed by atoms with Crippen LogP contribution in [0.2, 0.25) is 0 Å². The standard InChI is InChI=1S/C14H14FN3S/c1-8(2)18-11-5-3-4-10(15)12(11)17-14(18)9-6-7-19-13(9)16/h3-8H,16H2,1-2H3. The smallest absolute Gasteiger partial charge is 0.151 e. The number of halogens is 1. The van der Waals surface area contributed by atoms with Gasteiger partial charge in [-0.05, 0) is 37.4 Å². The number of hydrogen-bond acceptors (Lipinski definition) is 3. The van der Waals surface area contributed by atoms with Crippen LogP contribution in [0.4, 0.5) is 9.39 Å². The first-order valence-corrected chi connectivity index (χ1v) is 6.97. The highest BCUT2D eigenvalue weighted by molar-refractivity contribution is 7.14. The summed E-state index contributed by atoms with van der Waals surface area (Å²) in [6, 6.07) is 7.14. The molecular weight excluding hydrogens is 261 g/mol. The molecule has 3 nitrogen and oxygen atoms in total. The first-order valence-electron chi connectivity index (χ1n) is 6.09. The van der Waals surface area contributed by atoms with Gasteiger partial charge in [0.25, 0.3) is 0 Å². The summed E-state index contributed by atoms with van der Waals surface area (Å²) in [5.74, 6) is 0.431. The Morgan fingerprint density at radius 2 is 2.11 bits per heavy atom. The number of nitrogen functional groups attached to an aromatic ring is 1. The SMILES string of the molecule is CC(C)n1c(-c2ccsc2N)nc2c(F)cccc21. The molecular formula is C14H14FN3S. The maximum absolute atomic E-state index is 13.9. The van der Waals surface area contributed by atoms with E-state index in [1.807, 2.05) is 22.1 Å². The molecule has 0 fully saturated rings. The van der Waals surface area contributed by atoms with E-state index in [2.05, 4.69) is 18.8 Å². The molecule has 19 heavy (non-hydrogen) atoms. The Balaban J connectivity index is 2.39. The molecule has 0 aliphatic heterocycles. The molecule has 0 saturated carbocycles. The van der Waals surface area contributed by atoms with Crippen LogP contribution in [0.15, 0.2) is 29.6 Å². The summed E-state index contributed by atoms with van der Waals surface area (Å²) in [4.78, 5) is 4.45. The lowest BCUT2D eigenvalue weighted by molar-refractivity contribution is 0.623. The van der Waals surface area contributed by atoms with Crippen molar-refractivity contribution >= 4 is 27.4 Å². The van der Waals surface area contributed by atoms with Crippen molar-refractivity contribution in [1.29, 1.82) is 0 Å². The van der Waals surface area contributed by atoms with Crippen LogP contribution < -0.4 is 5.73 Å². The van der Waals surface area contributed by atoms with E-state index in [0.29, 0.717) is 10.5 Å². The van der Waals surface area contributed by atoms with E-state index in [-0.39, 0.29) is 11.9 Å². The van der Waals surface area contributed by atoms with Crippen molar-refractivity contribution in [2.24, 2.45) is 0 Å². The van der Waals surface area contributed by atoms with E-state index in [1.165, 1.54) is 17.4 Å². The van der Waals surface area contributed by atoms with Gasteiger partial charge in [-0.15, -0.1) is 11.3 Å². The number of nitrogens with two attached hydrogens (primary N) is 1. The number of para-hydroxylation sites is 1. The summed E-state index contributed by atoms with van der Waals surface area (Å²) in [5, 5.41) is 2.63. The number of imidazole rings is 1. The predicted octanol–water partition coefficient (Wildman–Crippen LogP) is 4.07. The molecule has 2 N–H and O–H groups in total. The fourth-order valence-electron chi connectivity index (χ4n) is 2.30. The van der Waals surface area contributed by atoms with Gasteiger partial charge in [-0.25, -0.2) is 9.37 Å². The number of hydrogen-bond donors (Lipinski definition) is 1. The van der Waals surface area contributed by atoms with Gasteiger partial charge in [0.2, 0.25) is 0 Å². The van der Waals surface area contributed by atoms with Crippen LogP contribution in [-0.4, -0.2) is 9.55 Å². The van der Waals surface area contributed by atoms with Crippen LogP contribution in [0.25, 0.3) is 22.4 Å². The Morgan fingerprint density at radius 1 is 1.32 bits per heavy atom. The van der Waals surface area contributed by atoms with Crippen molar-refractivity contribution in [3.8, 4) is 11.4 Å². The van der Waals surface area contributed by atoms with Crippen LogP contribution in [0.3, 0.4) is 0 Å². The summed E-state index contributed by atoms with van der Waals surface area (Å²) in [7, 11) is 0. The molecule has 0 atom stereocenters. The number of benzene rings is 1. The molecule has 0 saturated heterocycles. The van der Waals surface area contributed by atoms with Crippen molar-refractivity contribution in [1.82, 2.24) is 9.55 Å². The van der Waals surface area contributed by atoms with E-state index < -0.39 is 0 Å². The number of anilines is 1. The minimum atomic E-state index is -0.299. The first kappa shape index (κ1) is 12.2. The number of thiophene rings is 1. The van der Waals surface area contributed by atoms with Crippen LogP contribution >= 0.6 is 11.3 Å². The van der Waals surface area contributed by atoms with Crippen LogP contribution in [0.1, 0.15) is 19.9 Å². The average Bonchev–Trinajstić information content (AvgIpc) is 2.92. The molecule has 98 valence electrons. The third kappa shape index (κ3) is 1.81. The van der Waals surface area contributed by atoms with E-state index >= 15 is 0 Å². The minimum absolute atomic E-state index is 0.182. The van der Waals surface area contributed by atoms with Crippen molar-refractivity contribution in [3.05, 3.63) is 35.5 Å². The highest BCUT2D eigenvalue weighted by Gasteiger charge is 2.18. The van der Waals surface area contributed by atoms with E-state index in [1.54, 1.807) is 6.07 Å². The Bertz CT molecular complexity index is 742. The van der Waals surface area contributed by atoms with Gasteiger partial charge in [0, 0.05) is 6.04 Å². The summed E-state index contributed by atoms with van der Waals surface area (Å²) in [5.41, 5.74) is 8.04. The Labute approximate surface area is 114 Å². The molecule has 0 amide bonds. The van der Waals surface area contributed by atoms with Gasteiger partial charge in [-0.1, -0.05) is 6.07 Å². The highest BCUT2D eigenvalue weighted by Crippen LogP contribution is 2.34. The number of nitrogens with zero attached hydrogens (tertiary/aromatic N) is 2. The summed E-state index contributed by atoms with van der Waals surface area (Å²) < 4.78 is 15.9. The molecule has 2 aromatic heterocycles. The maximum atomic E-state index is 13.9. The average molecular weight is 275 g/mol. The highest BCUT2D eigenvalue weighted by atomic mass is 32.1. The van der Waals surface area contributed by atoms with Gasteiger partial charge in [0.1, 0.15) is 11.3 Å². The molecule has 2 heterocycles. The number of fused-ring (bicyclic) bond motifs is 1. The van der Waals surface area contributed by atoms with Gasteiger partial charge in [-0.3, -0.25) is 0 Å². The van der Waals surface area contributed by atoms with Crippen LogP contribution in [-0.2, 0) is 0 Å². The molecule has 0 bridgehead atoms. The fourth-order valence-corrected chi connectivity index (χ4v) is 2.94. The topological polar surface area (TPSA) is 43.8 Å². The van der Waals surface area contributed by atoms with Crippen molar-refractivity contribution in [2.75, 3.05) is 5.73 Å². The monoisotopic (exact) mass is 275 g/mol. The van der Waals surface area contributed by atoms with Crippen LogP contribution in [0.5, 0.6) is 0 Å². The van der Waals surface area contributed by atoms with Gasteiger partial charge in [-0.2, -0.15) is 0 Å². The largest absolute Gasteiger partial charge is 0.390 e. The number of aromatic nitrogens is 2. The quantitative estimate of drug-likeness (QED) is 0.766. The normalized spacial score (nSPS) is 11.6. The second-order valence-electron chi connectivity index (χ2n) is 4.71. The van der Waals surface area contributed by atoms with Gasteiger partial charge in [0.05, 0.1) is 16.1 Å². The van der Waals surface area contributed by atoms with Gasteiger partial charge < -0.3 is 10.3 Å². The molecule has 0 aliphatic carbocycles. The predicted molar refractivity (Wildman–Crippen MR) is 77.8 cm³/mol. The van der Waals surface area contributed by atoms with Crippen molar-refractivity contribution < 1.29 is 4.39 Å². The van der Waals surface area contributed by atoms with Crippen molar-refractivity contribution in [2.45, 2.75) is 19.9 Å². The zero-order valence-corrected chi connectivity index (χ0v) is 11.5. The summed E-state index contributed by atoms with van der Waals surface area (Å²) in [6.45, 7) is 4.11. The molecule has 0 spiro atoms. The third-order valence-corrected chi connectivity index (χ3v) is 3.87. The molecule has 0 aliphatic rings. The molecule has 0 unspecified atom stereocenters. The Hall–Kier alpha value is -1.88. The third-order valence-electron chi connectivity index (χ3n) is 3.12. The van der Waals surface area contributed by atoms with Gasteiger partial charge in [0.15, 0.2) is 5.82 Å². The molecule has 3 aromatic rings. The lowest BCUT2D eigenvalue weighted by Gasteiger charge is -2.12. The van der Waals surface area contributed by atoms with Crippen LogP contribution in [0, 0.1) is 5.82 Å². The zero-order chi connectivity index (χ0) is 13.6. The first-order chi connectivity index (χ1) is 9.09. The number of rotatable bonds is 2. The fraction of sp³-hybridized carbons (Fsp3) is 0.214. The zero-order valence-electron chi connectivity index (χ0n) is 10.7. The lowest BCUT2D eigenvalue weighted by Crippen LogP contribution is -2.03. The lowest BCUT2D eigenvalue weighted by atomic mass is 10.2. The van der Waals surface area contributed by atoms with E-state index in [9.17, 15) is 4.39 Å². The second kappa shape index (κ2) is 4.35. The Morgan fingerprint density at radius 3 is 2.74 bits per heavy atom. The van der Waals surface area contributed by atoms with Gasteiger partial charge >= 0.3 is 0 Å². The Kier molecular flexibility index (Phi) is 2.78. The molecule has 0 radical (unpaired) electrons. The maximum Gasteiger partial charge on any atom is 0.151 e. The summed E-state index contributed by atoms with van der Waals surface area (Å²) >= 11 is 1.46. The second-order valence-corrected chi connectivity index (χ2v) is 5.65. The van der Waals surface area contributed by atoms with Crippen molar-refractivity contribution in [3.63, 3.8) is 0 Å².